The van der Waals surface area contributed by atoms with Gasteiger partial charge < -0.3 is 15.0 Å². The van der Waals surface area contributed by atoms with Crippen molar-refractivity contribution in [3.63, 3.8) is 0 Å². The van der Waals surface area contributed by atoms with Crippen molar-refractivity contribution in [2.75, 3.05) is 33.4 Å². The van der Waals surface area contributed by atoms with Gasteiger partial charge in [-0.2, -0.15) is 8.78 Å². The molecule has 1 aromatic rings. The first-order chi connectivity index (χ1) is 11.2. The quantitative estimate of drug-likeness (QED) is 0.406. The van der Waals surface area contributed by atoms with Crippen LogP contribution in [-0.2, 0) is 16.6 Å². The summed E-state index contributed by atoms with van der Waals surface area (Å²) >= 11 is 0. The molecule has 0 fully saturated rings. The van der Waals surface area contributed by atoms with Gasteiger partial charge in [-0.25, -0.2) is 13.1 Å². The fraction of sp³-hybridized carbons (Fsp3) is 0.500. The zero-order chi connectivity index (χ0) is 18.2. The van der Waals surface area contributed by atoms with Gasteiger partial charge in [0.2, 0.25) is 10.0 Å². The van der Waals surface area contributed by atoms with E-state index >= 15 is 0 Å². The van der Waals surface area contributed by atoms with Crippen LogP contribution < -0.4 is 14.8 Å². The number of nitrogens with zero attached hydrogens (tertiary/aromatic N) is 2. The highest BCUT2D eigenvalue weighted by Crippen LogP contribution is 2.15. The molecule has 0 amide bonds. The van der Waals surface area contributed by atoms with Crippen LogP contribution in [0.5, 0.6) is 5.75 Å². The van der Waals surface area contributed by atoms with Gasteiger partial charge in [0.1, 0.15) is 5.75 Å². The third-order valence-corrected chi connectivity index (χ3v) is 3.64. The topological polar surface area (TPSA) is 83.0 Å². The molecular weight excluding hydrogens is 342 g/mol. The number of nitrogens with one attached hydrogen (secondary N) is 2. The van der Waals surface area contributed by atoms with Crippen LogP contribution >= 0.6 is 0 Å². The van der Waals surface area contributed by atoms with Crippen molar-refractivity contribution in [3.8, 4) is 5.75 Å². The molecule has 1 aromatic carbocycles. The Kier molecular flexibility index (Phi) is 7.86. The number of hydrogen-bond acceptors (Lipinski definition) is 4. The van der Waals surface area contributed by atoms with Crippen molar-refractivity contribution >= 4 is 16.0 Å². The molecule has 0 aliphatic heterocycles. The van der Waals surface area contributed by atoms with Gasteiger partial charge in [0.05, 0.1) is 6.26 Å². The van der Waals surface area contributed by atoms with Gasteiger partial charge in [0.15, 0.2) is 5.96 Å². The number of rotatable bonds is 8. The number of aliphatic imine (C=N–C) groups is 1. The van der Waals surface area contributed by atoms with E-state index in [9.17, 15) is 17.2 Å². The molecule has 0 saturated carbocycles. The molecule has 2 N–H and O–H groups in total. The monoisotopic (exact) mass is 364 g/mol. The van der Waals surface area contributed by atoms with Crippen LogP contribution in [0.15, 0.2) is 29.3 Å². The maximum Gasteiger partial charge on any atom is 0.387 e. The summed E-state index contributed by atoms with van der Waals surface area (Å²) in [7, 11) is 0.203. The van der Waals surface area contributed by atoms with Crippen LogP contribution in [0.3, 0.4) is 0 Å². The van der Waals surface area contributed by atoms with Crippen LogP contribution in [-0.4, -0.2) is 59.3 Å². The fourth-order valence-electron chi connectivity index (χ4n) is 1.92. The van der Waals surface area contributed by atoms with E-state index in [1.54, 1.807) is 19.2 Å². The Morgan fingerprint density at radius 2 is 1.92 bits per heavy atom. The Morgan fingerprint density at radius 1 is 1.29 bits per heavy atom. The summed E-state index contributed by atoms with van der Waals surface area (Å²) < 4.78 is 52.8. The van der Waals surface area contributed by atoms with E-state index in [-0.39, 0.29) is 12.3 Å². The Morgan fingerprint density at radius 3 is 2.42 bits per heavy atom. The van der Waals surface area contributed by atoms with E-state index in [0.717, 1.165) is 11.8 Å². The number of alkyl halides is 2. The van der Waals surface area contributed by atoms with Crippen LogP contribution in [0.25, 0.3) is 0 Å². The highest BCUT2D eigenvalue weighted by Gasteiger charge is 2.08. The standard InChI is InChI=1S/C14H22F2N4O3S/c1-17-14(18-8-9-19-24(3,21)22)20(2)10-11-4-6-12(7-5-11)23-13(15)16/h4-7,13,19H,8-10H2,1-3H3,(H,17,18). The molecule has 24 heavy (non-hydrogen) atoms. The number of benzene rings is 1. The minimum Gasteiger partial charge on any atom is -0.435 e. The molecule has 136 valence electrons. The second kappa shape index (κ2) is 9.38. The maximum absolute atomic E-state index is 12.1. The summed E-state index contributed by atoms with van der Waals surface area (Å²) in [6, 6.07) is 6.32. The van der Waals surface area contributed by atoms with Crippen LogP contribution in [0.2, 0.25) is 0 Å². The van der Waals surface area contributed by atoms with Gasteiger partial charge in [-0.3, -0.25) is 4.99 Å². The smallest absolute Gasteiger partial charge is 0.387 e. The molecule has 7 nitrogen and oxygen atoms in total. The summed E-state index contributed by atoms with van der Waals surface area (Å²) in [5.41, 5.74) is 0.885. The zero-order valence-electron chi connectivity index (χ0n) is 13.8. The maximum atomic E-state index is 12.1. The molecule has 1 rings (SSSR count). The number of ether oxygens (including phenoxy) is 1. The molecule has 0 spiro atoms. The van der Waals surface area contributed by atoms with Crippen molar-refractivity contribution in [1.82, 2.24) is 14.9 Å². The van der Waals surface area contributed by atoms with Gasteiger partial charge in [-0.1, -0.05) is 12.1 Å². The largest absolute Gasteiger partial charge is 0.435 e. The highest BCUT2D eigenvalue weighted by molar-refractivity contribution is 7.88. The van der Waals surface area contributed by atoms with E-state index in [1.807, 2.05) is 11.9 Å². The van der Waals surface area contributed by atoms with E-state index in [0.29, 0.717) is 19.0 Å². The molecule has 0 aromatic heterocycles. The first-order valence-electron chi connectivity index (χ1n) is 7.11. The van der Waals surface area contributed by atoms with Crippen molar-refractivity contribution in [2.24, 2.45) is 4.99 Å². The molecular formula is C14H22F2N4O3S. The zero-order valence-corrected chi connectivity index (χ0v) is 14.6. The Labute approximate surface area is 140 Å². The molecule has 10 heteroatoms. The van der Waals surface area contributed by atoms with Gasteiger partial charge in [-0.15, -0.1) is 0 Å². The van der Waals surface area contributed by atoms with E-state index in [2.05, 4.69) is 19.8 Å². The fourth-order valence-corrected chi connectivity index (χ4v) is 2.39. The lowest BCUT2D eigenvalue weighted by molar-refractivity contribution is -0.0498. The number of hydrogen-bond donors (Lipinski definition) is 2. The second-order valence-electron chi connectivity index (χ2n) is 5.02. The average molecular weight is 364 g/mol. The molecule has 0 bridgehead atoms. The highest BCUT2D eigenvalue weighted by atomic mass is 32.2. The first-order valence-corrected chi connectivity index (χ1v) is 9.00. The lowest BCUT2D eigenvalue weighted by Gasteiger charge is -2.22. The Bertz CT molecular complexity index is 636. The average Bonchev–Trinajstić information content (AvgIpc) is 2.47. The number of sulfonamides is 1. The van der Waals surface area contributed by atoms with Crippen molar-refractivity contribution in [2.45, 2.75) is 13.2 Å². The molecule has 0 unspecified atom stereocenters. The predicted molar refractivity (Wildman–Crippen MR) is 88.7 cm³/mol. The summed E-state index contributed by atoms with van der Waals surface area (Å²) in [6.45, 7) is -1.73. The van der Waals surface area contributed by atoms with Crippen LogP contribution in [0, 0.1) is 0 Å². The van der Waals surface area contributed by atoms with E-state index in [1.165, 1.54) is 12.1 Å². The van der Waals surface area contributed by atoms with Gasteiger partial charge >= 0.3 is 6.61 Å². The van der Waals surface area contributed by atoms with Crippen molar-refractivity contribution in [3.05, 3.63) is 29.8 Å². The van der Waals surface area contributed by atoms with Crippen LogP contribution in [0.1, 0.15) is 5.56 Å². The van der Waals surface area contributed by atoms with E-state index in [4.69, 9.17) is 0 Å². The van der Waals surface area contributed by atoms with Gasteiger partial charge in [-0.05, 0) is 17.7 Å². The molecule has 0 saturated heterocycles. The molecule has 0 aliphatic rings. The summed E-state index contributed by atoms with van der Waals surface area (Å²) in [5, 5.41) is 3.02. The lowest BCUT2D eigenvalue weighted by Crippen LogP contribution is -2.42. The van der Waals surface area contributed by atoms with Gasteiger partial charge in [0, 0.05) is 33.7 Å². The first kappa shape index (κ1) is 20.1. The normalized spacial score (nSPS) is 12.3. The summed E-state index contributed by atoms with van der Waals surface area (Å²) in [6.07, 6.45) is 1.09. The third-order valence-electron chi connectivity index (χ3n) is 2.91. The SMILES string of the molecule is CN=C(NCCNS(C)(=O)=O)N(C)Cc1ccc(OC(F)F)cc1. The number of halogens is 2. The summed E-state index contributed by atoms with van der Waals surface area (Å²) in [5.74, 6) is 0.684. The predicted octanol–water partition coefficient (Wildman–Crippen LogP) is 0.844. The Balaban J connectivity index is 2.50. The molecule has 0 atom stereocenters. The van der Waals surface area contributed by atoms with Crippen LogP contribution in [0.4, 0.5) is 8.78 Å². The Hall–Kier alpha value is -1.94. The minimum atomic E-state index is -3.22. The molecule has 0 aliphatic carbocycles. The number of guanidine groups is 1. The molecule has 0 radical (unpaired) electrons. The lowest BCUT2D eigenvalue weighted by atomic mass is 10.2. The summed E-state index contributed by atoms with van der Waals surface area (Å²) in [4.78, 5) is 5.93. The van der Waals surface area contributed by atoms with Gasteiger partial charge in [0.25, 0.3) is 0 Å². The molecule has 0 heterocycles. The van der Waals surface area contributed by atoms with Crippen molar-refractivity contribution < 1.29 is 21.9 Å². The second-order valence-corrected chi connectivity index (χ2v) is 6.85. The minimum absolute atomic E-state index is 0.103. The van der Waals surface area contributed by atoms with E-state index < -0.39 is 16.6 Å². The third kappa shape index (κ3) is 8.06. The van der Waals surface area contributed by atoms with Crippen molar-refractivity contribution in [1.29, 1.82) is 0 Å².